The highest BCUT2D eigenvalue weighted by molar-refractivity contribution is 5.87. The normalized spacial score (nSPS) is 12.4. The maximum Gasteiger partial charge on any atom is 0.317 e. The first-order valence-corrected chi connectivity index (χ1v) is 5.44. The quantitative estimate of drug-likeness (QED) is 0.756. The molecular formula is C11H22N2O2. The van der Waals surface area contributed by atoms with Gasteiger partial charge >= 0.3 is 6.03 Å². The van der Waals surface area contributed by atoms with Crippen LogP contribution in [0.1, 0.15) is 34.1 Å². The first-order valence-electron chi connectivity index (χ1n) is 5.44. The van der Waals surface area contributed by atoms with Gasteiger partial charge in [0.2, 0.25) is 0 Å². The van der Waals surface area contributed by atoms with Gasteiger partial charge in [-0.2, -0.15) is 0 Å². The standard InChI is InChI=1S/C11H22N2O2/c1-6-7-13(11(15)12-5)10(8(2)3)9(4)14/h8,10H,6-7H2,1-5H3,(H,12,15). The van der Waals surface area contributed by atoms with E-state index in [1.165, 1.54) is 6.92 Å². The second-order valence-corrected chi connectivity index (χ2v) is 4.05. The van der Waals surface area contributed by atoms with Gasteiger partial charge in [0.15, 0.2) is 5.78 Å². The number of nitrogens with zero attached hydrogens (tertiary/aromatic N) is 1. The molecule has 0 aromatic rings. The summed E-state index contributed by atoms with van der Waals surface area (Å²) in [4.78, 5) is 24.7. The van der Waals surface area contributed by atoms with E-state index in [9.17, 15) is 9.59 Å². The predicted octanol–water partition coefficient (Wildman–Crippen LogP) is 1.65. The monoisotopic (exact) mass is 214 g/mol. The van der Waals surface area contributed by atoms with Crippen LogP contribution in [0, 0.1) is 5.92 Å². The molecule has 88 valence electrons. The lowest BCUT2D eigenvalue weighted by Gasteiger charge is -2.32. The molecule has 15 heavy (non-hydrogen) atoms. The molecule has 0 aromatic heterocycles. The maximum absolute atomic E-state index is 11.6. The molecule has 0 fully saturated rings. The predicted molar refractivity (Wildman–Crippen MR) is 60.8 cm³/mol. The minimum atomic E-state index is -0.315. The second kappa shape index (κ2) is 6.43. The number of urea groups is 1. The van der Waals surface area contributed by atoms with Crippen molar-refractivity contribution in [3.63, 3.8) is 0 Å². The molecule has 0 saturated heterocycles. The molecule has 0 rings (SSSR count). The summed E-state index contributed by atoms with van der Waals surface area (Å²) in [6, 6.07) is -0.490. The van der Waals surface area contributed by atoms with Gasteiger partial charge in [-0.15, -0.1) is 0 Å². The van der Waals surface area contributed by atoms with Crippen LogP contribution in [0.15, 0.2) is 0 Å². The van der Waals surface area contributed by atoms with Gasteiger partial charge in [0.1, 0.15) is 0 Å². The third-order valence-corrected chi connectivity index (χ3v) is 2.32. The largest absolute Gasteiger partial charge is 0.341 e. The van der Waals surface area contributed by atoms with Gasteiger partial charge in [0, 0.05) is 13.6 Å². The molecule has 0 bridgehead atoms. The zero-order valence-electron chi connectivity index (χ0n) is 10.3. The van der Waals surface area contributed by atoms with Crippen molar-refractivity contribution in [2.75, 3.05) is 13.6 Å². The number of ketones is 1. The lowest BCUT2D eigenvalue weighted by atomic mass is 9.99. The van der Waals surface area contributed by atoms with Crippen molar-refractivity contribution in [1.29, 1.82) is 0 Å². The highest BCUT2D eigenvalue weighted by atomic mass is 16.2. The smallest absolute Gasteiger partial charge is 0.317 e. The summed E-state index contributed by atoms with van der Waals surface area (Å²) in [5.41, 5.74) is 0. The molecule has 4 nitrogen and oxygen atoms in total. The van der Waals surface area contributed by atoms with Gasteiger partial charge < -0.3 is 10.2 Å². The van der Waals surface area contributed by atoms with Gasteiger partial charge in [-0.25, -0.2) is 4.79 Å². The zero-order chi connectivity index (χ0) is 12.0. The lowest BCUT2D eigenvalue weighted by Crippen LogP contribution is -2.50. The molecule has 0 radical (unpaired) electrons. The topological polar surface area (TPSA) is 49.4 Å². The van der Waals surface area contributed by atoms with Crippen LogP contribution in [-0.2, 0) is 4.79 Å². The SMILES string of the molecule is CCCN(C(=O)NC)C(C(C)=O)C(C)C. The molecule has 0 aliphatic rings. The van der Waals surface area contributed by atoms with Gasteiger partial charge in [-0.1, -0.05) is 20.8 Å². The minimum Gasteiger partial charge on any atom is -0.341 e. The molecule has 0 aliphatic heterocycles. The summed E-state index contributed by atoms with van der Waals surface area (Å²) in [5.74, 6) is 0.188. The lowest BCUT2D eigenvalue weighted by molar-refractivity contribution is -0.122. The Morgan fingerprint density at radius 2 is 1.87 bits per heavy atom. The van der Waals surface area contributed by atoms with E-state index < -0.39 is 0 Å². The summed E-state index contributed by atoms with van der Waals surface area (Å²) in [5, 5.41) is 2.57. The second-order valence-electron chi connectivity index (χ2n) is 4.05. The Kier molecular flexibility index (Phi) is 5.97. The molecule has 0 aliphatic carbocycles. The molecular weight excluding hydrogens is 192 g/mol. The van der Waals surface area contributed by atoms with E-state index in [0.29, 0.717) is 6.54 Å². The van der Waals surface area contributed by atoms with Crippen molar-refractivity contribution in [2.45, 2.75) is 40.2 Å². The summed E-state index contributed by atoms with van der Waals surface area (Å²) in [7, 11) is 1.59. The average Bonchev–Trinajstić information content (AvgIpc) is 2.14. The Labute approximate surface area is 92.0 Å². The molecule has 0 aromatic carbocycles. The molecule has 1 N–H and O–H groups in total. The molecule has 2 amide bonds. The van der Waals surface area contributed by atoms with Gasteiger partial charge in [0.25, 0.3) is 0 Å². The van der Waals surface area contributed by atoms with E-state index in [4.69, 9.17) is 0 Å². The van der Waals surface area contributed by atoms with Crippen LogP contribution in [0.5, 0.6) is 0 Å². The van der Waals surface area contributed by atoms with E-state index in [1.54, 1.807) is 11.9 Å². The Morgan fingerprint density at radius 3 is 2.13 bits per heavy atom. The van der Waals surface area contributed by atoms with E-state index >= 15 is 0 Å². The number of nitrogens with one attached hydrogen (secondary N) is 1. The highest BCUT2D eigenvalue weighted by Gasteiger charge is 2.28. The number of rotatable bonds is 5. The summed E-state index contributed by atoms with van der Waals surface area (Å²) in [6.07, 6.45) is 0.851. The van der Waals surface area contributed by atoms with Crippen molar-refractivity contribution >= 4 is 11.8 Å². The molecule has 1 unspecified atom stereocenters. The van der Waals surface area contributed by atoms with Gasteiger partial charge in [-0.3, -0.25) is 4.79 Å². The number of hydrogen-bond acceptors (Lipinski definition) is 2. The van der Waals surface area contributed by atoms with E-state index in [-0.39, 0.29) is 23.8 Å². The number of carbonyl (C=O) groups excluding carboxylic acids is 2. The fourth-order valence-electron chi connectivity index (χ4n) is 1.80. The van der Waals surface area contributed by atoms with Crippen LogP contribution in [0.4, 0.5) is 4.79 Å². The molecule has 1 atom stereocenters. The van der Waals surface area contributed by atoms with E-state index in [0.717, 1.165) is 6.42 Å². The van der Waals surface area contributed by atoms with Crippen LogP contribution in [0.3, 0.4) is 0 Å². The number of hydrogen-bond donors (Lipinski definition) is 1. The summed E-state index contributed by atoms with van der Waals surface area (Å²) >= 11 is 0. The fraction of sp³-hybridized carbons (Fsp3) is 0.818. The van der Waals surface area contributed by atoms with Gasteiger partial charge in [-0.05, 0) is 19.3 Å². The van der Waals surface area contributed by atoms with E-state index in [2.05, 4.69) is 5.32 Å². The van der Waals surface area contributed by atoms with E-state index in [1.807, 2.05) is 20.8 Å². The molecule has 4 heteroatoms. The van der Waals surface area contributed by atoms with Crippen molar-refractivity contribution in [3.8, 4) is 0 Å². The first-order chi connectivity index (χ1) is 6.95. The van der Waals surface area contributed by atoms with Crippen LogP contribution in [-0.4, -0.2) is 36.3 Å². The number of amides is 2. The van der Waals surface area contributed by atoms with Crippen LogP contribution in [0.25, 0.3) is 0 Å². The van der Waals surface area contributed by atoms with Gasteiger partial charge in [0.05, 0.1) is 6.04 Å². The Balaban J connectivity index is 4.83. The van der Waals surface area contributed by atoms with Crippen molar-refractivity contribution < 1.29 is 9.59 Å². The number of Topliss-reactive ketones (excluding diaryl/α,β-unsaturated/α-hetero) is 1. The first kappa shape index (κ1) is 13.9. The Bertz CT molecular complexity index is 227. The van der Waals surface area contributed by atoms with Crippen LogP contribution >= 0.6 is 0 Å². The van der Waals surface area contributed by atoms with Crippen molar-refractivity contribution in [2.24, 2.45) is 5.92 Å². The number of carbonyl (C=O) groups is 2. The molecule has 0 spiro atoms. The van der Waals surface area contributed by atoms with Crippen molar-refractivity contribution in [1.82, 2.24) is 10.2 Å². The Hall–Kier alpha value is -1.06. The maximum atomic E-state index is 11.6. The fourth-order valence-corrected chi connectivity index (χ4v) is 1.80. The summed E-state index contributed by atoms with van der Waals surface area (Å²) in [6.45, 7) is 8.06. The average molecular weight is 214 g/mol. The third kappa shape index (κ3) is 3.90. The highest BCUT2D eigenvalue weighted by Crippen LogP contribution is 2.12. The molecule has 0 heterocycles. The third-order valence-electron chi connectivity index (χ3n) is 2.32. The Morgan fingerprint density at radius 1 is 1.33 bits per heavy atom. The summed E-state index contributed by atoms with van der Waals surface area (Å²) < 4.78 is 0. The zero-order valence-corrected chi connectivity index (χ0v) is 10.3. The van der Waals surface area contributed by atoms with Crippen LogP contribution in [0.2, 0.25) is 0 Å². The minimum absolute atomic E-state index is 0.0436. The van der Waals surface area contributed by atoms with Crippen molar-refractivity contribution in [3.05, 3.63) is 0 Å². The molecule has 0 saturated carbocycles. The van der Waals surface area contributed by atoms with Crippen LogP contribution < -0.4 is 5.32 Å².